The van der Waals surface area contributed by atoms with Crippen LogP contribution in [0.4, 0.5) is 17.6 Å². The van der Waals surface area contributed by atoms with Crippen LogP contribution in [0.25, 0.3) is 0 Å². The fourth-order valence-electron chi connectivity index (χ4n) is 2.96. The minimum Gasteiger partial charge on any atom is -0.467 e. The molecule has 0 saturated carbocycles. The van der Waals surface area contributed by atoms with Gasteiger partial charge in [0.15, 0.2) is 17.2 Å². The van der Waals surface area contributed by atoms with Crippen molar-refractivity contribution in [1.82, 2.24) is 10.3 Å². The zero-order valence-corrected chi connectivity index (χ0v) is 15.4. The number of esters is 1. The molecule has 0 aliphatic rings. The minimum absolute atomic E-state index is 0.0651. The molecule has 5 nitrogen and oxygen atoms in total. The van der Waals surface area contributed by atoms with Crippen LogP contribution in [-0.4, -0.2) is 24.0 Å². The van der Waals surface area contributed by atoms with E-state index < -0.39 is 58.8 Å². The number of hydrogen-bond donors (Lipinski definition) is 1. The molecule has 0 fully saturated rings. The van der Waals surface area contributed by atoms with E-state index in [1.165, 1.54) is 24.3 Å². The second kappa shape index (κ2) is 8.37. The lowest BCUT2D eigenvalue weighted by molar-refractivity contribution is -0.150. The van der Waals surface area contributed by atoms with Gasteiger partial charge in [0.2, 0.25) is 0 Å². The van der Waals surface area contributed by atoms with Gasteiger partial charge in [-0.3, -0.25) is 4.79 Å². The first kappa shape index (κ1) is 21.3. The largest absolute Gasteiger partial charge is 0.467 e. The highest BCUT2D eigenvalue weighted by Gasteiger charge is 2.49. The van der Waals surface area contributed by atoms with Gasteiger partial charge in [0.05, 0.1) is 12.7 Å². The van der Waals surface area contributed by atoms with E-state index in [9.17, 15) is 27.2 Å². The Balaban J connectivity index is 2.76. The molecule has 0 aliphatic carbocycles. The molecule has 1 heterocycles. The molecule has 9 heteroatoms. The summed E-state index contributed by atoms with van der Waals surface area (Å²) in [6.45, 7) is 3.19. The number of ether oxygens (including phenoxy) is 1. The summed E-state index contributed by atoms with van der Waals surface area (Å²) < 4.78 is 61.2. The van der Waals surface area contributed by atoms with Crippen molar-refractivity contribution < 1.29 is 31.9 Å². The third-order valence-electron chi connectivity index (χ3n) is 4.04. The molecule has 0 aliphatic heterocycles. The molecule has 28 heavy (non-hydrogen) atoms. The van der Waals surface area contributed by atoms with Crippen molar-refractivity contribution in [2.45, 2.75) is 25.8 Å². The minimum atomic E-state index is -2.52. The van der Waals surface area contributed by atoms with Crippen LogP contribution in [0.5, 0.6) is 0 Å². The van der Waals surface area contributed by atoms with Gasteiger partial charge in [-0.05, 0) is 24.5 Å². The number of pyridine rings is 1. The number of benzene rings is 1. The fraction of sp³-hybridized carbons (Fsp3) is 0.316. The molecular weight excluding hydrogens is 380 g/mol. The molecule has 0 radical (unpaired) electrons. The van der Waals surface area contributed by atoms with Crippen LogP contribution in [0.15, 0.2) is 30.3 Å². The molecule has 1 amide bonds. The molecule has 0 spiro atoms. The SMILES string of the molecule is COC(=O)[C@](CC(C)C)(NC(=O)c1ccccc1)c1c(F)c(F)nc(F)c1F. The Morgan fingerprint density at radius 3 is 2.07 bits per heavy atom. The van der Waals surface area contributed by atoms with Crippen LogP contribution in [0.1, 0.15) is 36.2 Å². The highest BCUT2D eigenvalue weighted by Crippen LogP contribution is 2.35. The van der Waals surface area contributed by atoms with Crippen LogP contribution in [0, 0.1) is 29.4 Å². The first-order chi connectivity index (χ1) is 13.1. The summed E-state index contributed by atoms with van der Waals surface area (Å²) in [5.41, 5.74) is -3.76. The molecule has 2 rings (SSSR count). The molecule has 2 aromatic rings. The number of rotatable bonds is 6. The summed E-state index contributed by atoms with van der Waals surface area (Å²) in [4.78, 5) is 27.8. The Bertz CT molecular complexity index is 864. The maximum atomic E-state index is 14.5. The maximum Gasteiger partial charge on any atom is 0.336 e. The molecule has 0 bridgehead atoms. The first-order valence-corrected chi connectivity index (χ1v) is 8.30. The lowest BCUT2D eigenvalue weighted by atomic mass is 9.81. The van der Waals surface area contributed by atoms with E-state index >= 15 is 0 Å². The van der Waals surface area contributed by atoms with Crippen molar-refractivity contribution in [3.05, 3.63) is 65.0 Å². The zero-order valence-electron chi connectivity index (χ0n) is 15.4. The lowest BCUT2D eigenvalue weighted by Crippen LogP contribution is -2.54. The smallest absolute Gasteiger partial charge is 0.336 e. The summed E-state index contributed by atoms with van der Waals surface area (Å²) in [5.74, 6) is -10.3. The third kappa shape index (κ3) is 3.97. The van der Waals surface area contributed by atoms with Crippen LogP contribution in [-0.2, 0) is 15.1 Å². The number of hydrogen-bond acceptors (Lipinski definition) is 4. The van der Waals surface area contributed by atoms with Gasteiger partial charge in [0.1, 0.15) is 0 Å². The maximum absolute atomic E-state index is 14.5. The first-order valence-electron chi connectivity index (χ1n) is 8.30. The zero-order chi connectivity index (χ0) is 21.1. The Morgan fingerprint density at radius 1 is 1.07 bits per heavy atom. The molecular formula is C19H18F4N2O3. The van der Waals surface area contributed by atoms with Crippen LogP contribution in [0.3, 0.4) is 0 Å². The monoisotopic (exact) mass is 398 g/mol. The number of amides is 1. The fourth-order valence-corrected chi connectivity index (χ4v) is 2.96. The number of aromatic nitrogens is 1. The number of carbonyl (C=O) groups is 2. The van der Waals surface area contributed by atoms with E-state index in [2.05, 4.69) is 15.0 Å². The molecule has 1 aromatic carbocycles. The Hall–Kier alpha value is -2.97. The van der Waals surface area contributed by atoms with Crippen molar-refractivity contribution in [1.29, 1.82) is 0 Å². The standard InChI is InChI=1S/C19H18F4N2O3/c1-10(2)9-19(18(27)28-3,25-17(26)11-7-5-4-6-8-11)12-13(20)15(22)24-16(23)14(12)21/h4-8,10H,9H2,1-3H3,(H,25,26)/t19-/m1/s1. The number of nitrogens with one attached hydrogen (secondary N) is 1. The number of halogens is 4. The Morgan fingerprint density at radius 2 is 1.61 bits per heavy atom. The van der Waals surface area contributed by atoms with Gasteiger partial charge in [-0.15, -0.1) is 0 Å². The molecule has 1 aromatic heterocycles. The summed E-state index contributed by atoms with van der Waals surface area (Å²) in [5, 5.41) is 2.23. The quantitative estimate of drug-likeness (QED) is 0.460. The number of nitrogens with zero attached hydrogens (tertiary/aromatic N) is 1. The van der Waals surface area contributed by atoms with E-state index in [-0.39, 0.29) is 5.56 Å². The van der Waals surface area contributed by atoms with Crippen LogP contribution in [0.2, 0.25) is 0 Å². The van der Waals surface area contributed by atoms with Gasteiger partial charge >= 0.3 is 5.97 Å². The van der Waals surface area contributed by atoms with E-state index in [4.69, 9.17) is 0 Å². The van der Waals surface area contributed by atoms with Gasteiger partial charge in [-0.25, -0.2) is 13.6 Å². The summed E-state index contributed by atoms with van der Waals surface area (Å²) >= 11 is 0. The van der Waals surface area contributed by atoms with E-state index in [1.807, 2.05) is 0 Å². The lowest BCUT2D eigenvalue weighted by Gasteiger charge is -2.34. The van der Waals surface area contributed by atoms with Gasteiger partial charge in [-0.2, -0.15) is 13.8 Å². The summed E-state index contributed by atoms with van der Waals surface area (Å²) in [6.07, 6.45) is -0.394. The highest BCUT2D eigenvalue weighted by molar-refractivity contribution is 5.98. The highest BCUT2D eigenvalue weighted by atomic mass is 19.2. The molecule has 0 unspecified atom stereocenters. The predicted octanol–water partition coefficient (Wildman–Crippen LogP) is 3.48. The van der Waals surface area contributed by atoms with Crippen molar-refractivity contribution in [3.8, 4) is 0 Å². The van der Waals surface area contributed by atoms with Gasteiger partial charge < -0.3 is 10.1 Å². The van der Waals surface area contributed by atoms with Crippen molar-refractivity contribution in [2.75, 3.05) is 7.11 Å². The van der Waals surface area contributed by atoms with Gasteiger partial charge in [0.25, 0.3) is 17.8 Å². The van der Waals surface area contributed by atoms with Crippen molar-refractivity contribution >= 4 is 11.9 Å². The summed E-state index contributed by atoms with van der Waals surface area (Å²) in [7, 11) is 0.926. The van der Waals surface area contributed by atoms with E-state index in [0.717, 1.165) is 7.11 Å². The molecule has 1 atom stereocenters. The second-order valence-corrected chi connectivity index (χ2v) is 6.51. The molecule has 1 N–H and O–H groups in total. The van der Waals surface area contributed by atoms with E-state index in [1.54, 1.807) is 19.9 Å². The average Bonchev–Trinajstić information content (AvgIpc) is 2.65. The van der Waals surface area contributed by atoms with Crippen LogP contribution >= 0.6 is 0 Å². The Kier molecular flexibility index (Phi) is 6.37. The normalized spacial score (nSPS) is 13.1. The second-order valence-electron chi connectivity index (χ2n) is 6.51. The van der Waals surface area contributed by atoms with Gasteiger partial charge in [-0.1, -0.05) is 32.0 Å². The number of methoxy groups -OCH3 is 1. The van der Waals surface area contributed by atoms with E-state index in [0.29, 0.717) is 0 Å². The topological polar surface area (TPSA) is 68.3 Å². The third-order valence-corrected chi connectivity index (χ3v) is 4.04. The van der Waals surface area contributed by atoms with Crippen LogP contribution < -0.4 is 5.32 Å². The van der Waals surface area contributed by atoms with Gasteiger partial charge in [0, 0.05) is 5.56 Å². The molecule has 0 saturated heterocycles. The predicted molar refractivity (Wildman–Crippen MR) is 91.1 cm³/mol. The summed E-state index contributed by atoms with van der Waals surface area (Å²) in [6, 6.07) is 7.49. The van der Waals surface area contributed by atoms with Crippen molar-refractivity contribution in [2.24, 2.45) is 5.92 Å². The average molecular weight is 398 g/mol. The number of carbonyl (C=O) groups excluding carboxylic acids is 2. The Labute approximate surface area is 158 Å². The molecule has 150 valence electrons. The van der Waals surface area contributed by atoms with Crippen molar-refractivity contribution in [3.63, 3.8) is 0 Å².